The second-order valence-corrected chi connectivity index (χ2v) is 5.21. The molecule has 0 N–H and O–H groups in total. The first kappa shape index (κ1) is 13.5. The first-order chi connectivity index (χ1) is 11.3. The number of nitriles is 1. The number of para-hydroxylation sites is 2. The standard InChI is InChI=1S/C17H13N5O/c1-2-7-23-17-11(9-18)8-12-15(21-17)19-10-22-14-6-4-3-5-13(14)20-16(12)22/h3-6,8,10H,2,7H2,1H3. The normalized spacial score (nSPS) is 11.1. The molecule has 6 nitrogen and oxygen atoms in total. The first-order valence-electron chi connectivity index (χ1n) is 7.41. The summed E-state index contributed by atoms with van der Waals surface area (Å²) in [5.41, 5.74) is 3.52. The van der Waals surface area contributed by atoms with Gasteiger partial charge in [0.15, 0.2) is 5.65 Å². The van der Waals surface area contributed by atoms with E-state index in [0.717, 1.165) is 28.5 Å². The van der Waals surface area contributed by atoms with Crippen LogP contribution in [0.25, 0.3) is 27.7 Å². The van der Waals surface area contributed by atoms with Crippen molar-refractivity contribution < 1.29 is 4.74 Å². The first-order valence-corrected chi connectivity index (χ1v) is 7.41. The Morgan fingerprint density at radius 1 is 1.26 bits per heavy atom. The third-order valence-electron chi connectivity index (χ3n) is 3.66. The van der Waals surface area contributed by atoms with E-state index in [-0.39, 0.29) is 0 Å². The summed E-state index contributed by atoms with van der Waals surface area (Å²) in [4.78, 5) is 13.4. The molecule has 3 aromatic heterocycles. The third kappa shape index (κ3) is 2.06. The molecule has 0 aliphatic rings. The number of pyridine rings is 1. The van der Waals surface area contributed by atoms with Gasteiger partial charge in [0, 0.05) is 0 Å². The van der Waals surface area contributed by atoms with Crippen molar-refractivity contribution in [1.29, 1.82) is 5.26 Å². The molecule has 0 saturated heterocycles. The molecule has 0 saturated carbocycles. The Bertz CT molecular complexity index is 1080. The van der Waals surface area contributed by atoms with Crippen LogP contribution in [0.15, 0.2) is 36.7 Å². The Morgan fingerprint density at radius 2 is 2.13 bits per heavy atom. The Hall–Kier alpha value is -3.20. The largest absolute Gasteiger partial charge is 0.477 e. The Kier molecular flexibility index (Phi) is 3.05. The van der Waals surface area contributed by atoms with Gasteiger partial charge in [-0.3, -0.25) is 4.40 Å². The maximum atomic E-state index is 9.37. The molecule has 0 atom stereocenters. The van der Waals surface area contributed by atoms with Crippen LogP contribution in [0.4, 0.5) is 0 Å². The maximum absolute atomic E-state index is 9.37. The molecule has 0 fully saturated rings. The lowest BCUT2D eigenvalue weighted by molar-refractivity contribution is 0.305. The number of benzene rings is 1. The van der Waals surface area contributed by atoms with E-state index in [9.17, 15) is 5.26 Å². The summed E-state index contributed by atoms with van der Waals surface area (Å²) in [5, 5.41) is 10.1. The number of hydrogen-bond acceptors (Lipinski definition) is 5. The monoisotopic (exact) mass is 303 g/mol. The van der Waals surface area contributed by atoms with E-state index in [1.165, 1.54) is 0 Å². The van der Waals surface area contributed by atoms with Crippen molar-refractivity contribution >= 4 is 27.7 Å². The molecule has 0 bridgehead atoms. The van der Waals surface area contributed by atoms with Gasteiger partial charge in [-0.25, -0.2) is 9.97 Å². The molecular weight excluding hydrogens is 290 g/mol. The molecule has 1 aromatic carbocycles. The molecule has 112 valence electrons. The Morgan fingerprint density at radius 3 is 2.96 bits per heavy atom. The fourth-order valence-electron chi connectivity index (χ4n) is 2.60. The Balaban J connectivity index is 2.04. The van der Waals surface area contributed by atoms with Gasteiger partial charge in [-0.2, -0.15) is 10.2 Å². The molecule has 23 heavy (non-hydrogen) atoms. The minimum atomic E-state index is 0.329. The topological polar surface area (TPSA) is 76.1 Å². The second kappa shape index (κ2) is 5.21. The third-order valence-corrected chi connectivity index (χ3v) is 3.66. The van der Waals surface area contributed by atoms with Crippen molar-refractivity contribution in [2.75, 3.05) is 6.61 Å². The minimum absolute atomic E-state index is 0.329. The minimum Gasteiger partial charge on any atom is -0.477 e. The zero-order valence-corrected chi connectivity index (χ0v) is 12.5. The zero-order chi connectivity index (χ0) is 15.8. The summed E-state index contributed by atoms with van der Waals surface area (Å²) in [5.74, 6) is 0.329. The summed E-state index contributed by atoms with van der Waals surface area (Å²) in [6.07, 6.45) is 2.55. The number of nitrogens with zero attached hydrogens (tertiary/aromatic N) is 5. The molecule has 6 heteroatoms. The van der Waals surface area contributed by atoms with Crippen LogP contribution >= 0.6 is 0 Å². The fourth-order valence-corrected chi connectivity index (χ4v) is 2.60. The summed E-state index contributed by atoms with van der Waals surface area (Å²) >= 11 is 0. The summed E-state index contributed by atoms with van der Waals surface area (Å²) in [6, 6.07) is 11.7. The number of ether oxygens (including phenoxy) is 1. The van der Waals surface area contributed by atoms with E-state index in [2.05, 4.69) is 21.0 Å². The molecule has 0 aliphatic carbocycles. The summed E-state index contributed by atoms with van der Waals surface area (Å²) < 4.78 is 7.47. The fraction of sp³-hybridized carbons (Fsp3) is 0.176. The molecule has 4 aromatic rings. The van der Waals surface area contributed by atoms with Crippen molar-refractivity contribution in [3.05, 3.63) is 42.2 Å². The molecule has 0 amide bonds. The molecule has 0 radical (unpaired) electrons. The highest BCUT2D eigenvalue weighted by atomic mass is 16.5. The molecule has 0 unspecified atom stereocenters. The van der Waals surface area contributed by atoms with Crippen LogP contribution in [0, 0.1) is 11.3 Å². The summed E-state index contributed by atoms with van der Waals surface area (Å²) in [6.45, 7) is 2.52. The highest BCUT2D eigenvalue weighted by molar-refractivity contribution is 5.95. The van der Waals surface area contributed by atoms with Crippen LogP contribution in [0.3, 0.4) is 0 Å². The lowest BCUT2D eigenvalue weighted by Gasteiger charge is -2.07. The van der Waals surface area contributed by atoms with Crippen LogP contribution in [-0.4, -0.2) is 26.0 Å². The van der Waals surface area contributed by atoms with Gasteiger partial charge in [0.05, 0.1) is 23.0 Å². The average Bonchev–Trinajstić information content (AvgIpc) is 2.98. The van der Waals surface area contributed by atoms with E-state index < -0.39 is 0 Å². The van der Waals surface area contributed by atoms with E-state index >= 15 is 0 Å². The van der Waals surface area contributed by atoms with Crippen molar-refractivity contribution in [3.63, 3.8) is 0 Å². The smallest absolute Gasteiger partial charge is 0.233 e. The van der Waals surface area contributed by atoms with E-state index in [0.29, 0.717) is 23.7 Å². The van der Waals surface area contributed by atoms with Gasteiger partial charge >= 0.3 is 0 Å². The van der Waals surface area contributed by atoms with Crippen LogP contribution in [0.1, 0.15) is 18.9 Å². The molecule has 4 rings (SSSR count). The van der Waals surface area contributed by atoms with Crippen LogP contribution in [-0.2, 0) is 0 Å². The highest BCUT2D eigenvalue weighted by Crippen LogP contribution is 2.26. The summed E-state index contributed by atoms with van der Waals surface area (Å²) in [7, 11) is 0. The van der Waals surface area contributed by atoms with E-state index in [1.54, 1.807) is 12.4 Å². The van der Waals surface area contributed by atoms with Gasteiger partial charge < -0.3 is 4.74 Å². The van der Waals surface area contributed by atoms with E-state index in [4.69, 9.17) is 4.74 Å². The van der Waals surface area contributed by atoms with Gasteiger partial charge in [-0.1, -0.05) is 19.1 Å². The van der Waals surface area contributed by atoms with Crippen molar-refractivity contribution in [2.45, 2.75) is 13.3 Å². The lowest BCUT2D eigenvalue weighted by Crippen LogP contribution is -2.01. The lowest BCUT2D eigenvalue weighted by atomic mass is 10.2. The molecular formula is C17H13N5O. The van der Waals surface area contributed by atoms with E-state index in [1.807, 2.05) is 35.6 Å². The van der Waals surface area contributed by atoms with Crippen molar-refractivity contribution in [1.82, 2.24) is 19.4 Å². The number of hydrogen-bond donors (Lipinski definition) is 0. The molecule has 3 heterocycles. The SMILES string of the molecule is CCCOc1nc2ncn3c4ccccc4nc3c2cc1C#N. The number of aromatic nitrogens is 4. The van der Waals surface area contributed by atoms with Crippen molar-refractivity contribution in [3.8, 4) is 11.9 Å². The van der Waals surface area contributed by atoms with Gasteiger partial charge in [-0.15, -0.1) is 0 Å². The average molecular weight is 303 g/mol. The van der Waals surface area contributed by atoms with Gasteiger partial charge in [0.25, 0.3) is 0 Å². The van der Waals surface area contributed by atoms with Crippen LogP contribution < -0.4 is 4.74 Å². The van der Waals surface area contributed by atoms with Gasteiger partial charge in [0.1, 0.15) is 23.6 Å². The quantitative estimate of drug-likeness (QED) is 0.581. The molecule has 0 spiro atoms. The Labute approximate surface area is 132 Å². The van der Waals surface area contributed by atoms with Gasteiger partial charge in [0.2, 0.25) is 5.88 Å². The van der Waals surface area contributed by atoms with Gasteiger partial charge in [-0.05, 0) is 24.6 Å². The predicted octanol–water partition coefficient (Wildman–Crippen LogP) is 3.09. The predicted molar refractivity (Wildman–Crippen MR) is 86.3 cm³/mol. The van der Waals surface area contributed by atoms with Crippen LogP contribution in [0.5, 0.6) is 5.88 Å². The number of fused-ring (bicyclic) bond motifs is 5. The zero-order valence-electron chi connectivity index (χ0n) is 12.5. The second-order valence-electron chi connectivity index (χ2n) is 5.21. The van der Waals surface area contributed by atoms with Crippen molar-refractivity contribution in [2.24, 2.45) is 0 Å². The number of imidazole rings is 1. The maximum Gasteiger partial charge on any atom is 0.233 e. The molecule has 0 aliphatic heterocycles. The highest BCUT2D eigenvalue weighted by Gasteiger charge is 2.14. The number of rotatable bonds is 3. The van der Waals surface area contributed by atoms with Crippen LogP contribution in [0.2, 0.25) is 0 Å².